The van der Waals surface area contributed by atoms with Gasteiger partial charge >= 0.3 is 5.97 Å². The number of carbonyl (C=O) groups excluding carboxylic acids is 1. The molecular formula is C13H16N2O2S. The normalized spacial score (nSPS) is 10.7. The zero-order valence-corrected chi connectivity index (χ0v) is 11.0. The summed E-state index contributed by atoms with van der Waals surface area (Å²) >= 11 is 3.97. The molecule has 1 N–H and O–H groups in total. The van der Waals surface area contributed by atoms with Crippen molar-refractivity contribution < 1.29 is 9.53 Å². The number of aromatic amines is 1. The Bertz CT molecular complexity index is 491. The molecule has 0 radical (unpaired) electrons. The highest BCUT2D eigenvalue weighted by Crippen LogP contribution is 2.11. The number of H-pyrrole nitrogens is 1. The molecule has 2 aromatic rings. The van der Waals surface area contributed by atoms with Gasteiger partial charge in [-0.2, -0.15) is 12.6 Å². The Morgan fingerprint density at radius 1 is 1.39 bits per heavy atom. The number of aromatic nitrogens is 2. The van der Waals surface area contributed by atoms with E-state index in [-0.39, 0.29) is 5.97 Å². The lowest BCUT2D eigenvalue weighted by Gasteiger charge is -2.02. The molecule has 0 saturated heterocycles. The molecule has 0 saturated carbocycles. The molecule has 0 aliphatic rings. The van der Waals surface area contributed by atoms with Gasteiger partial charge in [-0.1, -0.05) is 12.1 Å². The molecule has 0 aliphatic carbocycles. The standard InChI is InChI=1S/C13H16N2O2S/c16-13(7-9-18)17-8-3-6-12-14-10-4-1-2-5-11(10)15-12/h1-2,4-5,18H,3,6-9H2,(H,14,15). The van der Waals surface area contributed by atoms with Crippen LogP contribution in [0.2, 0.25) is 0 Å². The summed E-state index contributed by atoms with van der Waals surface area (Å²) in [6.07, 6.45) is 1.93. The number of rotatable bonds is 6. The number of nitrogens with one attached hydrogen (secondary N) is 1. The third-order valence-electron chi connectivity index (χ3n) is 2.58. The Balaban J connectivity index is 1.78. The summed E-state index contributed by atoms with van der Waals surface area (Å²) in [7, 11) is 0. The lowest BCUT2D eigenvalue weighted by molar-refractivity contribution is -0.143. The lowest BCUT2D eigenvalue weighted by Crippen LogP contribution is -2.07. The summed E-state index contributed by atoms with van der Waals surface area (Å²) < 4.78 is 5.05. The van der Waals surface area contributed by atoms with E-state index in [1.807, 2.05) is 24.3 Å². The number of carbonyl (C=O) groups is 1. The Morgan fingerprint density at radius 2 is 2.22 bits per heavy atom. The minimum atomic E-state index is -0.186. The van der Waals surface area contributed by atoms with E-state index in [0.29, 0.717) is 18.8 Å². The Labute approximate surface area is 111 Å². The number of hydrogen-bond acceptors (Lipinski definition) is 4. The molecular weight excluding hydrogens is 248 g/mol. The third kappa shape index (κ3) is 3.50. The molecule has 1 heterocycles. The highest BCUT2D eigenvalue weighted by Gasteiger charge is 2.03. The molecule has 5 heteroatoms. The highest BCUT2D eigenvalue weighted by molar-refractivity contribution is 7.80. The zero-order chi connectivity index (χ0) is 12.8. The number of thiol groups is 1. The van der Waals surface area contributed by atoms with E-state index in [2.05, 4.69) is 22.6 Å². The predicted octanol–water partition coefficient (Wildman–Crippen LogP) is 2.36. The fourth-order valence-corrected chi connectivity index (χ4v) is 1.90. The van der Waals surface area contributed by atoms with Gasteiger partial charge in [-0.15, -0.1) is 0 Å². The van der Waals surface area contributed by atoms with Gasteiger partial charge in [-0.3, -0.25) is 4.79 Å². The predicted molar refractivity (Wildman–Crippen MR) is 73.8 cm³/mol. The Morgan fingerprint density at radius 3 is 3.00 bits per heavy atom. The summed E-state index contributed by atoms with van der Waals surface area (Å²) in [6.45, 7) is 0.434. The molecule has 0 spiro atoms. The summed E-state index contributed by atoms with van der Waals surface area (Å²) in [5, 5.41) is 0. The highest BCUT2D eigenvalue weighted by atomic mass is 32.1. The van der Waals surface area contributed by atoms with Crippen LogP contribution in [0.25, 0.3) is 11.0 Å². The summed E-state index contributed by atoms with van der Waals surface area (Å²) in [6, 6.07) is 7.91. The maximum Gasteiger partial charge on any atom is 0.306 e. The van der Waals surface area contributed by atoms with Crippen LogP contribution >= 0.6 is 12.6 Å². The molecule has 1 aromatic heterocycles. The molecule has 4 nitrogen and oxygen atoms in total. The second kappa shape index (κ2) is 6.44. The molecule has 0 amide bonds. The lowest BCUT2D eigenvalue weighted by atomic mass is 10.3. The quantitative estimate of drug-likeness (QED) is 0.478. The molecule has 0 unspecified atom stereocenters. The number of ether oxygens (including phenoxy) is 1. The van der Waals surface area contributed by atoms with Crippen LogP contribution in [0.3, 0.4) is 0 Å². The van der Waals surface area contributed by atoms with E-state index < -0.39 is 0 Å². The van der Waals surface area contributed by atoms with Crippen LogP contribution in [0.5, 0.6) is 0 Å². The number of benzene rings is 1. The molecule has 1 aromatic carbocycles. The minimum absolute atomic E-state index is 0.186. The van der Waals surface area contributed by atoms with Crippen LogP contribution in [0.1, 0.15) is 18.7 Å². The van der Waals surface area contributed by atoms with Crippen molar-refractivity contribution in [1.29, 1.82) is 0 Å². The van der Waals surface area contributed by atoms with Crippen molar-refractivity contribution in [2.45, 2.75) is 19.3 Å². The minimum Gasteiger partial charge on any atom is -0.466 e. The van der Waals surface area contributed by atoms with Gasteiger partial charge in [0.1, 0.15) is 5.82 Å². The van der Waals surface area contributed by atoms with Crippen molar-refractivity contribution in [1.82, 2.24) is 9.97 Å². The molecule has 0 aliphatic heterocycles. The van der Waals surface area contributed by atoms with E-state index in [1.165, 1.54) is 0 Å². The molecule has 96 valence electrons. The fraction of sp³-hybridized carbons (Fsp3) is 0.385. The van der Waals surface area contributed by atoms with Crippen molar-refractivity contribution in [2.24, 2.45) is 0 Å². The van der Waals surface area contributed by atoms with Gasteiger partial charge in [-0.05, 0) is 18.6 Å². The number of imidazole rings is 1. The average Bonchev–Trinajstić information content (AvgIpc) is 2.77. The fourth-order valence-electron chi connectivity index (χ4n) is 1.71. The number of hydrogen-bond donors (Lipinski definition) is 2. The van der Waals surface area contributed by atoms with Gasteiger partial charge in [-0.25, -0.2) is 4.98 Å². The van der Waals surface area contributed by atoms with Crippen molar-refractivity contribution in [3.05, 3.63) is 30.1 Å². The van der Waals surface area contributed by atoms with E-state index in [4.69, 9.17) is 4.74 Å². The number of para-hydroxylation sites is 2. The maximum absolute atomic E-state index is 11.1. The molecule has 2 rings (SSSR count). The van der Waals surface area contributed by atoms with Gasteiger partial charge in [0.2, 0.25) is 0 Å². The van der Waals surface area contributed by atoms with Crippen molar-refractivity contribution in [2.75, 3.05) is 12.4 Å². The van der Waals surface area contributed by atoms with Crippen LogP contribution < -0.4 is 0 Å². The third-order valence-corrected chi connectivity index (χ3v) is 2.80. The topological polar surface area (TPSA) is 55.0 Å². The Hall–Kier alpha value is -1.49. The average molecular weight is 264 g/mol. The van der Waals surface area contributed by atoms with Crippen LogP contribution in [0.15, 0.2) is 24.3 Å². The smallest absolute Gasteiger partial charge is 0.306 e. The SMILES string of the molecule is O=C(CCS)OCCCc1nc2ccccc2[nH]1. The van der Waals surface area contributed by atoms with Gasteiger partial charge < -0.3 is 9.72 Å². The number of esters is 1. The van der Waals surface area contributed by atoms with E-state index >= 15 is 0 Å². The number of fused-ring (bicyclic) bond motifs is 1. The second-order valence-electron chi connectivity index (χ2n) is 4.00. The van der Waals surface area contributed by atoms with Gasteiger partial charge in [0, 0.05) is 12.2 Å². The number of nitrogens with zero attached hydrogens (tertiary/aromatic N) is 1. The summed E-state index contributed by atoms with van der Waals surface area (Å²) in [5.41, 5.74) is 2.01. The molecule has 0 bridgehead atoms. The Kier molecular flexibility index (Phi) is 4.64. The van der Waals surface area contributed by atoms with Crippen LogP contribution in [-0.4, -0.2) is 28.3 Å². The van der Waals surface area contributed by atoms with Gasteiger partial charge in [0.05, 0.1) is 24.1 Å². The van der Waals surface area contributed by atoms with Crippen molar-refractivity contribution in [3.8, 4) is 0 Å². The van der Waals surface area contributed by atoms with E-state index in [1.54, 1.807) is 0 Å². The first kappa shape index (κ1) is 13.0. The van der Waals surface area contributed by atoms with Crippen LogP contribution in [0.4, 0.5) is 0 Å². The first-order valence-corrected chi connectivity index (χ1v) is 6.63. The second-order valence-corrected chi connectivity index (χ2v) is 4.45. The van der Waals surface area contributed by atoms with Crippen molar-refractivity contribution >= 4 is 29.6 Å². The van der Waals surface area contributed by atoms with E-state index in [9.17, 15) is 4.79 Å². The van der Waals surface area contributed by atoms with Crippen LogP contribution in [0, 0.1) is 0 Å². The first-order chi connectivity index (χ1) is 8.79. The van der Waals surface area contributed by atoms with Gasteiger partial charge in [0.25, 0.3) is 0 Å². The van der Waals surface area contributed by atoms with E-state index in [0.717, 1.165) is 29.7 Å². The molecule has 0 atom stereocenters. The number of aryl methyl sites for hydroxylation is 1. The summed E-state index contributed by atoms with van der Waals surface area (Å²) in [4.78, 5) is 18.8. The van der Waals surface area contributed by atoms with Gasteiger partial charge in [0.15, 0.2) is 0 Å². The summed E-state index contributed by atoms with van der Waals surface area (Å²) in [5.74, 6) is 1.28. The maximum atomic E-state index is 11.1. The molecule has 18 heavy (non-hydrogen) atoms. The zero-order valence-electron chi connectivity index (χ0n) is 10.1. The largest absolute Gasteiger partial charge is 0.466 e. The van der Waals surface area contributed by atoms with Crippen molar-refractivity contribution in [3.63, 3.8) is 0 Å². The first-order valence-electron chi connectivity index (χ1n) is 5.99. The van der Waals surface area contributed by atoms with Crippen LogP contribution in [-0.2, 0) is 16.0 Å². The molecule has 0 fully saturated rings. The monoisotopic (exact) mass is 264 g/mol.